The number of nitrogens with zero attached hydrogens (tertiary/aromatic N) is 1. The number of carbonyl (C=O) groups is 1. The second kappa shape index (κ2) is 6.13. The fourth-order valence-corrected chi connectivity index (χ4v) is 1.85. The lowest BCUT2D eigenvalue weighted by molar-refractivity contribution is -0.136. The third-order valence-corrected chi connectivity index (χ3v) is 2.79. The summed E-state index contributed by atoms with van der Waals surface area (Å²) in [4.78, 5) is 12.7. The zero-order valence-electron chi connectivity index (χ0n) is 10.6. The number of carboxylic acids is 1. The monoisotopic (exact) mass is 237 g/mol. The third kappa shape index (κ3) is 3.37. The van der Waals surface area contributed by atoms with Gasteiger partial charge in [0, 0.05) is 24.3 Å². The molecule has 0 heterocycles. The predicted molar refractivity (Wildman–Crippen MR) is 67.9 cm³/mol. The molecular weight excluding hydrogens is 218 g/mol. The minimum atomic E-state index is -0.774. The van der Waals surface area contributed by atoms with E-state index in [0.29, 0.717) is 6.54 Å². The normalized spacial score (nSPS) is 10.1. The van der Waals surface area contributed by atoms with Gasteiger partial charge in [0.05, 0.1) is 13.5 Å². The van der Waals surface area contributed by atoms with E-state index < -0.39 is 5.97 Å². The second-order valence-electron chi connectivity index (χ2n) is 3.83. The molecule has 0 saturated heterocycles. The van der Waals surface area contributed by atoms with Gasteiger partial charge in [0.25, 0.3) is 0 Å². The molecule has 4 nitrogen and oxygen atoms in total. The van der Waals surface area contributed by atoms with Crippen LogP contribution in [0.1, 0.15) is 18.9 Å². The van der Waals surface area contributed by atoms with Gasteiger partial charge in [0.15, 0.2) is 0 Å². The fourth-order valence-electron chi connectivity index (χ4n) is 1.85. The smallest absolute Gasteiger partial charge is 0.305 e. The molecule has 0 bridgehead atoms. The molecule has 94 valence electrons. The van der Waals surface area contributed by atoms with E-state index >= 15 is 0 Å². The first-order chi connectivity index (χ1) is 8.10. The molecular formula is C13H19NO3. The van der Waals surface area contributed by atoms with E-state index in [1.165, 1.54) is 0 Å². The second-order valence-corrected chi connectivity index (χ2v) is 3.83. The molecule has 4 heteroatoms. The van der Waals surface area contributed by atoms with Gasteiger partial charge < -0.3 is 14.7 Å². The predicted octanol–water partition coefficient (Wildman–Crippen LogP) is 2.30. The lowest BCUT2D eigenvalue weighted by Crippen LogP contribution is -2.26. The van der Waals surface area contributed by atoms with Crippen LogP contribution in [-0.4, -0.2) is 31.3 Å². The summed E-state index contributed by atoms with van der Waals surface area (Å²) in [6.07, 6.45) is 0.143. The highest BCUT2D eigenvalue weighted by Gasteiger charge is 2.11. The largest absolute Gasteiger partial charge is 0.496 e. The molecule has 17 heavy (non-hydrogen) atoms. The number of benzene rings is 1. The summed E-state index contributed by atoms with van der Waals surface area (Å²) in [5, 5.41) is 8.72. The Morgan fingerprint density at radius 2 is 2.18 bits per heavy atom. The van der Waals surface area contributed by atoms with Crippen LogP contribution in [0.25, 0.3) is 0 Å². The van der Waals surface area contributed by atoms with Crippen molar-refractivity contribution in [3.8, 4) is 5.75 Å². The summed E-state index contributed by atoms with van der Waals surface area (Å²) in [7, 11) is 1.64. The van der Waals surface area contributed by atoms with E-state index in [9.17, 15) is 4.79 Å². The van der Waals surface area contributed by atoms with Crippen LogP contribution >= 0.6 is 0 Å². The first kappa shape index (κ1) is 13.4. The average molecular weight is 237 g/mol. The summed E-state index contributed by atoms with van der Waals surface area (Å²) >= 11 is 0. The van der Waals surface area contributed by atoms with Gasteiger partial charge in [-0.15, -0.1) is 0 Å². The summed E-state index contributed by atoms with van der Waals surface area (Å²) in [5.74, 6) is 0.0558. The van der Waals surface area contributed by atoms with Gasteiger partial charge in [-0.1, -0.05) is 6.07 Å². The number of ether oxygens (including phenoxy) is 1. The van der Waals surface area contributed by atoms with Crippen molar-refractivity contribution in [2.45, 2.75) is 20.3 Å². The van der Waals surface area contributed by atoms with Crippen LogP contribution in [-0.2, 0) is 4.79 Å². The van der Waals surface area contributed by atoms with Crippen molar-refractivity contribution in [3.63, 3.8) is 0 Å². The van der Waals surface area contributed by atoms with Crippen molar-refractivity contribution >= 4 is 11.7 Å². The maximum Gasteiger partial charge on any atom is 0.305 e. The minimum Gasteiger partial charge on any atom is -0.496 e. The maximum absolute atomic E-state index is 10.6. The molecule has 0 aliphatic carbocycles. The molecule has 0 spiro atoms. The molecule has 0 aromatic heterocycles. The van der Waals surface area contributed by atoms with Crippen LogP contribution in [0.3, 0.4) is 0 Å². The number of hydrogen-bond donors (Lipinski definition) is 1. The zero-order chi connectivity index (χ0) is 12.8. The van der Waals surface area contributed by atoms with E-state index in [0.717, 1.165) is 23.5 Å². The maximum atomic E-state index is 10.6. The molecule has 0 saturated carbocycles. The number of anilines is 1. The summed E-state index contributed by atoms with van der Waals surface area (Å²) in [5.41, 5.74) is 2.08. The SMILES string of the molecule is CCN(CCC(=O)O)c1cccc(OC)c1C. The quantitative estimate of drug-likeness (QED) is 0.824. The Morgan fingerprint density at radius 1 is 1.47 bits per heavy atom. The molecule has 0 atom stereocenters. The molecule has 0 radical (unpaired) electrons. The topological polar surface area (TPSA) is 49.8 Å². The van der Waals surface area contributed by atoms with Crippen molar-refractivity contribution in [2.75, 3.05) is 25.1 Å². The van der Waals surface area contributed by atoms with E-state index in [-0.39, 0.29) is 6.42 Å². The van der Waals surface area contributed by atoms with Crippen molar-refractivity contribution in [1.82, 2.24) is 0 Å². The Labute approximate surface area is 102 Å². The molecule has 1 aromatic rings. The Bertz CT molecular complexity index is 390. The molecule has 1 aromatic carbocycles. The van der Waals surface area contributed by atoms with Gasteiger partial charge in [-0.25, -0.2) is 0 Å². The van der Waals surface area contributed by atoms with Gasteiger partial charge in [-0.3, -0.25) is 4.79 Å². The van der Waals surface area contributed by atoms with Gasteiger partial charge in [0.1, 0.15) is 5.75 Å². The molecule has 0 aliphatic rings. The standard InChI is InChI=1S/C13H19NO3/c1-4-14(9-8-13(15)16)11-6-5-7-12(17-3)10(11)2/h5-7H,4,8-9H2,1-3H3,(H,15,16). The van der Waals surface area contributed by atoms with E-state index in [2.05, 4.69) is 0 Å². The number of hydrogen-bond acceptors (Lipinski definition) is 3. The number of carboxylic acid groups (broad SMARTS) is 1. The molecule has 0 unspecified atom stereocenters. The van der Waals surface area contributed by atoms with Crippen molar-refractivity contribution < 1.29 is 14.6 Å². The van der Waals surface area contributed by atoms with Crippen LogP contribution in [0.15, 0.2) is 18.2 Å². The van der Waals surface area contributed by atoms with Gasteiger partial charge in [-0.05, 0) is 26.0 Å². The molecule has 1 N–H and O–H groups in total. The minimum absolute atomic E-state index is 0.143. The van der Waals surface area contributed by atoms with E-state index in [1.807, 2.05) is 36.9 Å². The highest BCUT2D eigenvalue weighted by atomic mass is 16.5. The van der Waals surface area contributed by atoms with Gasteiger partial charge in [-0.2, -0.15) is 0 Å². The summed E-state index contributed by atoms with van der Waals surface area (Å²) < 4.78 is 5.26. The van der Waals surface area contributed by atoms with Crippen molar-refractivity contribution in [1.29, 1.82) is 0 Å². The first-order valence-electron chi connectivity index (χ1n) is 5.70. The van der Waals surface area contributed by atoms with Crippen LogP contribution in [0.4, 0.5) is 5.69 Å². The van der Waals surface area contributed by atoms with Gasteiger partial charge in [0.2, 0.25) is 0 Å². The number of methoxy groups -OCH3 is 1. The summed E-state index contributed by atoms with van der Waals surface area (Å²) in [6.45, 7) is 5.29. The first-order valence-corrected chi connectivity index (χ1v) is 5.70. The van der Waals surface area contributed by atoms with E-state index in [4.69, 9.17) is 9.84 Å². The van der Waals surface area contributed by atoms with Crippen LogP contribution in [0.5, 0.6) is 5.75 Å². The highest BCUT2D eigenvalue weighted by Crippen LogP contribution is 2.28. The van der Waals surface area contributed by atoms with Gasteiger partial charge >= 0.3 is 5.97 Å². The fraction of sp³-hybridized carbons (Fsp3) is 0.462. The lowest BCUT2D eigenvalue weighted by atomic mass is 10.1. The Kier molecular flexibility index (Phi) is 4.82. The average Bonchev–Trinajstić information content (AvgIpc) is 2.31. The zero-order valence-corrected chi connectivity index (χ0v) is 10.6. The Hall–Kier alpha value is -1.71. The number of aliphatic carboxylic acids is 1. The lowest BCUT2D eigenvalue weighted by Gasteiger charge is -2.25. The molecule has 0 fully saturated rings. The Balaban J connectivity index is 2.91. The summed E-state index contributed by atoms with van der Waals surface area (Å²) in [6, 6.07) is 5.82. The highest BCUT2D eigenvalue weighted by molar-refractivity contribution is 5.68. The van der Waals surface area contributed by atoms with Crippen LogP contribution < -0.4 is 9.64 Å². The number of rotatable bonds is 6. The Morgan fingerprint density at radius 3 is 2.71 bits per heavy atom. The van der Waals surface area contributed by atoms with Crippen molar-refractivity contribution in [2.24, 2.45) is 0 Å². The third-order valence-electron chi connectivity index (χ3n) is 2.79. The molecule has 0 aliphatic heterocycles. The van der Waals surface area contributed by atoms with Crippen LogP contribution in [0, 0.1) is 6.92 Å². The molecule has 1 rings (SSSR count). The van der Waals surface area contributed by atoms with E-state index in [1.54, 1.807) is 7.11 Å². The van der Waals surface area contributed by atoms with Crippen molar-refractivity contribution in [3.05, 3.63) is 23.8 Å². The van der Waals surface area contributed by atoms with Crippen LogP contribution in [0.2, 0.25) is 0 Å². The molecule has 0 amide bonds.